The summed E-state index contributed by atoms with van der Waals surface area (Å²) in [5.74, 6) is 0.660. The SMILES string of the molecule is Cc1noc(C)c1CC(=O)NC[C@H](NC(=O)OC(C)(C)C)C(C)C. The number of hydrogen-bond acceptors (Lipinski definition) is 5. The summed E-state index contributed by atoms with van der Waals surface area (Å²) in [5.41, 5.74) is 0.960. The predicted octanol–water partition coefficient (Wildman–Crippen LogP) is 2.50. The van der Waals surface area contributed by atoms with Crippen LogP contribution in [0.2, 0.25) is 0 Å². The molecule has 1 aromatic rings. The first-order valence-electron chi connectivity index (χ1n) is 8.17. The molecular weight excluding hydrogens is 310 g/mol. The second kappa shape index (κ2) is 8.17. The van der Waals surface area contributed by atoms with Gasteiger partial charge in [0.15, 0.2) is 0 Å². The highest BCUT2D eigenvalue weighted by Crippen LogP contribution is 2.13. The molecule has 2 amide bonds. The van der Waals surface area contributed by atoms with Crippen LogP contribution in [0.15, 0.2) is 4.52 Å². The van der Waals surface area contributed by atoms with Gasteiger partial charge in [-0.25, -0.2) is 4.79 Å². The Morgan fingerprint density at radius 1 is 1.25 bits per heavy atom. The topological polar surface area (TPSA) is 93.5 Å². The zero-order valence-corrected chi connectivity index (χ0v) is 15.6. The molecule has 0 saturated carbocycles. The molecule has 1 heterocycles. The van der Waals surface area contributed by atoms with Crippen molar-refractivity contribution in [1.29, 1.82) is 0 Å². The second-order valence-corrected chi connectivity index (χ2v) is 7.28. The molecule has 0 saturated heterocycles. The van der Waals surface area contributed by atoms with E-state index in [1.807, 2.05) is 34.6 Å². The molecule has 0 radical (unpaired) electrons. The number of carbonyl (C=O) groups is 2. The van der Waals surface area contributed by atoms with Crippen LogP contribution in [0, 0.1) is 19.8 Å². The van der Waals surface area contributed by atoms with Crippen molar-refractivity contribution in [1.82, 2.24) is 15.8 Å². The van der Waals surface area contributed by atoms with Crippen LogP contribution >= 0.6 is 0 Å². The van der Waals surface area contributed by atoms with E-state index in [0.717, 1.165) is 11.3 Å². The third-order valence-electron chi connectivity index (χ3n) is 3.54. The van der Waals surface area contributed by atoms with Crippen molar-refractivity contribution in [2.24, 2.45) is 5.92 Å². The summed E-state index contributed by atoms with van der Waals surface area (Å²) in [6.45, 7) is 13.3. The number of hydrogen-bond donors (Lipinski definition) is 2. The fourth-order valence-corrected chi connectivity index (χ4v) is 2.11. The van der Waals surface area contributed by atoms with E-state index in [1.165, 1.54) is 0 Å². The van der Waals surface area contributed by atoms with E-state index >= 15 is 0 Å². The van der Waals surface area contributed by atoms with Gasteiger partial charge in [-0.3, -0.25) is 4.79 Å². The lowest BCUT2D eigenvalue weighted by Gasteiger charge is -2.26. The van der Waals surface area contributed by atoms with Gasteiger partial charge in [0.25, 0.3) is 0 Å². The maximum atomic E-state index is 12.1. The number of nitrogens with one attached hydrogen (secondary N) is 2. The Kier molecular flexibility index (Phi) is 6.81. The van der Waals surface area contributed by atoms with Gasteiger partial charge in [-0.2, -0.15) is 0 Å². The third-order valence-corrected chi connectivity index (χ3v) is 3.54. The molecule has 1 atom stereocenters. The lowest BCUT2D eigenvalue weighted by atomic mass is 10.0. The standard InChI is InChI=1S/C17H29N3O4/c1-10(2)14(19-16(22)23-17(5,6)7)9-18-15(21)8-13-11(3)20-24-12(13)4/h10,14H,8-9H2,1-7H3,(H,18,21)(H,19,22)/t14-/m0/s1. The minimum absolute atomic E-state index is 0.138. The van der Waals surface area contributed by atoms with Crippen molar-refractivity contribution in [2.75, 3.05) is 6.54 Å². The maximum absolute atomic E-state index is 12.1. The molecule has 2 N–H and O–H groups in total. The summed E-state index contributed by atoms with van der Waals surface area (Å²) in [6.07, 6.45) is -0.278. The lowest BCUT2D eigenvalue weighted by Crippen LogP contribution is -2.48. The molecule has 0 bridgehead atoms. The number of rotatable bonds is 6. The molecular formula is C17H29N3O4. The van der Waals surface area contributed by atoms with Crippen molar-refractivity contribution in [3.05, 3.63) is 17.0 Å². The molecule has 1 aromatic heterocycles. The fraction of sp³-hybridized carbons (Fsp3) is 0.706. The van der Waals surface area contributed by atoms with Crippen molar-refractivity contribution >= 4 is 12.0 Å². The first kappa shape index (κ1) is 20.0. The molecule has 24 heavy (non-hydrogen) atoms. The zero-order valence-electron chi connectivity index (χ0n) is 15.6. The smallest absolute Gasteiger partial charge is 0.407 e. The van der Waals surface area contributed by atoms with Crippen LogP contribution in [0.5, 0.6) is 0 Å². The first-order valence-corrected chi connectivity index (χ1v) is 8.17. The molecule has 0 aromatic carbocycles. The largest absolute Gasteiger partial charge is 0.444 e. The van der Waals surface area contributed by atoms with Crippen LogP contribution in [-0.2, 0) is 16.0 Å². The molecule has 7 nitrogen and oxygen atoms in total. The van der Waals surface area contributed by atoms with Gasteiger partial charge in [0.05, 0.1) is 18.2 Å². The molecule has 7 heteroatoms. The van der Waals surface area contributed by atoms with Gasteiger partial charge in [-0.05, 0) is 40.5 Å². The van der Waals surface area contributed by atoms with Crippen molar-refractivity contribution in [3.8, 4) is 0 Å². The fourth-order valence-electron chi connectivity index (χ4n) is 2.11. The number of nitrogens with zero attached hydrogens (tertiary/aromatic N) is 1. The number of amides is 2. The molecule has 0 unspecified atom stereocenters. The van der Waals surface area contributed by atoms with Crippen LogP contribution in [0.1, 0.15) is 51.6 Å². The molecule has 136 valence electrons. The normalized spacial score (nSPS) is 12.8. The molecule has 0 aliphatic rings. The summed E-state index contributed by atoms with van der Waals surface area (Å²) in [7, 11) is 0. The Morgan fingerprint density at radius 2 is 1.88 bits per heavy atom. The van der Waals surface area contributed by atoms with E-state index in [-0.39, 0.29) is 24.3 Å². The van der Waals surface area contributed by atoms with E-state index in [4.69, 9.17) is 9.26 Å². The van der Waals surface area contributed by atoms with Gasteiger partial charge in [-0.1, -0.05) is 19.0 Å². The summed E-state index contributed by atoms with van der Waals surface area (Å²) in [5, 5.41) is 9.49. The average Bonchev–Trinajstić information content (AvgIpc) is 2.73. The molecule has 0 spiro atoms. The quantitative estimate of drug-likeness (QED) is 0.830. The maximum Gasteiger partial charge on any atom is 0.407 e. The minimum Gasteiger partial charge on any atom is -0.444 e. The molecule has 0 aliphatic carbocycles. The Morgan fingerprint density at radius 3 is 2.33 bits per heavy atom. The zero-order chi connectivity index (χ0) is 18.5. The Balaban J connectivity index is 2.54. The summed E-state index contributed by atoms with van der Waals surface area (Å²) in [6, 6.07) is -0.214. The van der Waals surface area contributed by atoms with E-state index in [1.54, 1.807) is 13.8 Å². The lowest BCUT2D eigenvalue weighted by molar-refractivity contribution is -0.120. The monoisotopic (exact) mass is 339 g/mol. The summed E-state index contributed by atoms with van der Waals surface area (Å²) < 4.78 is 10.3. The average molecular weight is 339 g/mol. The Bertz CT molecular complexity index is 553. The van der Waals surface area contributed by atoms with E-state index in [0.29, 0.717) is 12.3 Å². The number of aromatic nitrogens is 1. The highest BCUT2D eigenvalue weighted by Gasteiger charge is 2.22. The van der Waals surface area contributed by atoms with E-state index < -0.39 is 11.7 Å². The van der Waals surface area contributed by atoms with Crippen molar-refractivity contribution in [3.63, 3.8) is 0 Å². The number of aryl methyl sites for hydroxylation is 2. The van der Waals surface area contributed by atoms with Gasteiger partial charge in [0.2, 0.25) is 5.91 Å². The number of alkyl carbamates (subject to hydrolysis) is 1. The van der Waals surface area contributed by atoms with Crippen LogP contribution in [-0.4, -0.2) is 35.3 Å². The Hall–Kier alpha value is -2.05. The van der Waals surface area contributed by atoms with Gasteiger partial charge in [0.1, 0.15) is 11.4 Å². The number of ether oxygens (including phenoxy) is 1. The summed E-state index contributed by atoms with van der Waals surface area (Å²) >= 11 is 0. The third kappa shape index (κ3) is 6.60. The van der Waals surface area contributed by atoms with Gasteiger partial charge < -0.3 is 19.9 Å². The predicted molar refractivity (Wildman–Crippen MR) is 90.7 cm³/mol. The molecule has 0 aliphatic heterocycles. The highest BCUT2D eigenvalue weighted by atomic mass is 16.6. The van der Waals surface area contributed by atoms with Gasteiger partial charge >= 0.3 is 6.09 Å². The Labute approximate surface area is 143 Å². The highest BCUT2D eigenvalue weighted by molar-refractivity contribution is 5.79. The molecule has 0 fully saturated rings. The van der Waals surface area contributed by atoms with Crippen LogP contribution < -0.4 is 10.6 Å². The van der Waals surface area contributed by atoms with Crippen LogP contribution in [0.3, 0.4) is 0 Å². The van der Waals surface area contributed by atoms with Crippen molar-refractivity contribution < 1.29 is 18.8 Å². The number of carbonyl (C=O) groups excluding carboxylic acids is 2. The van der Waals surface area contributed by atoms with Gasteiger partial charge in [0, 0.05) is 12.1 Å². The van der Waals surface area contributed by atoms with E-state index in [2.05, 4.69) is 15.8 Å². The van der Waals surface area contributed by atoms with Crippen LogP contribution in [0.25, 0.3) is 0 Å². The minimum atomic E-state index is -0.557. The second-order valence-electron chi connectivity index (χ2n) is 7.28. The van der Waals surface area contributed by atoms with E-state index in [9.17, 15) is 9.59 Å². The van der Waals surface area contributed by atoms with Crippen LogP contribution in [0.4, 0.5) is 4.79 Å². The van der Waals surface area contributed by atoms with Crippen molar-refractivity contribution in [2.45, 2.75) is 66.5 Å². The summed E-state index contributed by atoms with van der Waals surface area (Å²) in [4.78, 5) is 24.0. The molecule has 1 rings (SSSR count). The van der Waals surface area contributed by atoms with Gasteiger partial charge in [-0.15, -0.1) is 0 Å². The first-order chi connectivity index (χ1) is 11.0.